The Hall–Kier alpha value is -1.20. The SMILES string of the molecule is COc1ccc(Cl)cc1C1(C#N)CCC1C. The summed E-state index contributed by atoms with van der Waals surface area (Å²) >= 11 is 6.00. The Morgan fingerprint density at radius 1 is 1.56 bits per heavy atom. The molecule has 0 saturated heterocycles. The van der Waals surface area contributed by atoms with Crippen LogP contribution in [0.3, 0.4) is 0 Å². The predicted octanol–water partition coefficient (Wildman–Crippen LogP) is 3.54. The number of ether oxygens (including phenoxy) is 1. The summed E-state index contributed by atoms with van der Waals surface area (Å²) < 4.78 is 5.32. The highest BCUT2D eigenvalue weighted by atomic mass is 35.5. The van der Waals surface area contributed by atoms with Gasteiger partial charge in [0.1, 0.15) is 5.75 Å². The van der Waals surface area contributed by atoms with Crippen LogP contribution in [0.2, 0.25) is 5.02 Å². The molecule has 2 atom stereocenters. The Labute approximate surface area is 101 Å². The lowest BCUT2D eigenvalue weighted by atomic mass is 9.58. The molecule has 0 bridgehead atoms. The largest absolute Gasteiger partial charge is 0.496 e. The van der Waals surface area contributed by atoms with Crippen molar-refractivity contribution in [1.29, 1.82) is 5.26 Å². The summed E-state index contributed by atoms with van der Waals surface area (Å²) in [6.07, 6.45) is 1.98. The highest BCUT2D eigenvalue weighted by Gasteiger charge is 2.47. The van der Waals surface area contributed by atoms with Crippen molar-refractivity contribution in [3.8, 4) is 11.8 Å². The molecule has 84 valence electrons. The summed E-state index contributed by atoms with van der Waals surface area (Å²) in [6.45, 7) is 2.10. The molecule has 2 unspecified atom stereocenters. The summed E-state index contributed by atoms with van der Waals surface area (Å²) in [4.78, 5) is 0. The Morgan fingerprint density at radius 3 is 2.75 bits per heavy atom. The number of methoxy groups -OCH3 is 1. The Kier molecular flexibility index (Phi) is 2.82. The van der Waals surface area contributed by atoms with E-state index in [9.17, 15) is 5.26 Å². The molecule has 1 aromatic carbocycles. The van der Waals surface area contributed by atoms with Crippen LogP contribution >= 0.6 is 11.6 Å². The molecule has 0 radical (unpaired) electrons. The number of benzene rings is 1. The van der Waals surface area contributed by atoms with Gasteiger partial charge in [-0.25, -0.2) is 0 Å². The quantitative estimate of drug-likeness (QED) is 0.786. The molecular formula is C13H14ClNO. The molecule has 0 aliphatic heterocycles. The number of hydrogen-bond acceptors (Lipinski definition) is 2. The third kappa shape index (κ3) is 1.47. The van der Waals surface area contributed by atoms with Crippen molar-refractivity contribution in [3.63, 3.8) is 0 Å². The summed E-state index contributed by atoms with van der Waals surface area (Å²) in [7, 11) is 1.63. The Morgan fingerprint density at radius 2 is 2.31 bits per heavy atom. The van der Waals surface area contributed by atoms with E-state index in [0.29, 0.717) is 10.9 Å². The lowest BCUT2D eigenvalue weighted by molar-refractivity contribution is 0.196. The number of hydrogen-bond donors (Lipinski definition) is 0. The second-order valence-corrected chi connectivity index (χ2v) is 4.80. The second kappa shape index (κ2) is 3.99. The lowest BCUT2D eigenvalue weighted by Gasteiger charge is -2.43. The topological polar surface area (TPSA) is 33.0 Å². The summed E-state index contributed by atoms with van der Waals surface area (Å²) in [6, 6.07) is 7.93. The first kappa shape index (κ1) is 11.3. The second-order valence-electron chi connectivity index (χ2n) is 4.37. The fraction of sp³-hybridized carbons (Fsp3) is 0.462. The number of halogens is 1. The van der Waals surface area contributed by atoms with Crippen molar-refractivity contribution in [3.05, 3.63) is 28.8 Å². The molecule has 16 heavy (non-hydrogen) atoms. The molecular weight excluding hydrogens is 222 g/mol. The van der Waals surface area contributed by atoms with Crippen LogP contribution in [-0.4, -0.2) is 7.11 Å². The minimum Gasteiger partial charge on any atom is -0.496 e. The zero-order valence-corrected chi connectivity index (χ0v) is 10.2. The van der Waals surface area contributed by atoms with Crippen LogP contribution in [-0.2, 0) is 5.41 Å². The summed E-state index contributed by atoms with van der Waals surface area (Å²) in [5.41, 5.74) is 0.528. The van der Waals surface area contributed by atoms with Gasteiger partial charge in [-0.05, 0) is 37.0 Å². The Balaban J connectivity index is 2.54. The van der Waals surface area contributed by atoms with Crippen LogP contribution in [0.25, 0.3) is 0 Å². The molecule has 1 aliphatic rings. The van der Waals surface area contributed by atoms with Crippen molar-refractivity contribution in [2.75, 3.05) is 7.11 Å². The van der Waals surface area contributed by atoms with Gasteiger partial charge < -0.3 is 4.74 Å². The van der Waals surface area contributed by atoms with E-state index < -0.39 is 5.41 Å². The van der Waals surface area contributed by atoms with Crippen LogP contribution in [0, 0.1) is 17.2 Å². The molecule has 3 heteroatoms. The first-order valence-corrected chi connectivity index (χ1v) is 5.77. The van der Waals surface area contributed by atoms with Crippen LogP contribution < -0.4 is 4.74 Å². The van der Waals surface area contributed by atoms with E-state index in [2.05, 4.69) is 13.0 Å². The zero-order chi connectivity index (χ0) is 11.8. The third-order valence-corrected chi connectivity index (χ3v) is 3.89. The molecule has 0 aromatic heterocycles. The van der Waals surface area contributed by atoms with Gasteiger partial charge in [-0.2, -0.15) is 5.26 Å². The lowest BCUT2D eigenvalue weighted by Crippen LogP contribution is -2.41. The van der Waals surface area contributed by atoms with Crippen LogP contribution in [0.15, 0.2) is 18.2 Å². The maximum absolute atomic E-state index is 9.42. The first-order valence-electron chi connectivity index (χ1n) is 5.39. The molecule has 1 aromatic rings. The average molecular weight is 236 g/mol. The number of nitriles is 1. The van der Waals surface area contributed by atoms with E-state index in [1.54, 1.807) is 13.2 Å². The normalized spacial score (nSPS) is 28.0. The van der Waals surface area contributed by atoms with E-state index in [4.69, 9.17) is 16.3 Å². The highest BCUT2D eigenvalue weighted by Crippen LogP contribution is 2.51. The van der Waals surface area contributed by atoms with Crippen molar-refractivity contribution < 1.29 is 4.74 Å². The average Bonchev–Trinajstić information content (AvgIpc) is 2.29. The number of nitrogens with zero attached hydrogens (tertiary/aromatic N) is 1. The van der Waals surface area contributed by atoms with E-state index in [0.717, 1.165) is 24.2 Å². The van der Waals surface area contributed by atoms with Gasteiger partial charge in [-0.15, -0.1) is 0 Å². The molecule has 0 heterocycles. The number of rotatable bonds is 2. The maximum Gasteiger partial charge on any atom is 0.123 e. The van der Waals surface area contributed by atoms with E-state index in [-0.39, 0.29) is 0 Å². The van der Waals surface area contributed by atoms with E-state index >= 15 is 0 Å². The molecule has 1 saturated carbocycles. The monoisotopic (exact) mass is 235 g/mol. The van der Waals surface area contributed by atoms with Gasteiger partial charge in [0.2, 0.25) is 0 Å². The minimum absolute atomic E-state index is 0.366. The minimum atomic E-state index is -0.407. The van der Waals surface area contributed by atoms with Crippen LogP contribution in [0.4, 0.5) is 0 Å². The van der Waals surface area contributed by atoms with Crippen molar-refractivity contribution in [1.82, 2.24) is 0 Å². The van der Waals surface area contributed by atoms with Gasteiger partial charge in [-0.1, -0.05) is 18.5 Å². The molecule has 1 fully saturated rings. The fourth-order valence-corrected chi connectivity index (χ4v) is 2.55. The summed E-state index contributed by atoms with van der Waals surface area (Å²) in [5.74, 6) is 1.13. The molecule has 1 aliphatic carbocycles. The van der Waals surface area contributed by atoms with Gasteiger partial charge in [-0.3, -0.25) is 0 Å². The van der Waals surface area contributed by atoms with Crippen molar-refractivity contribution in [2.45, 2.75) is 25.2 Å². The highest BCUT2D eigenvalue weighted by molar-refractivity contribution is 6.30. The first-order chi connectivity index (χ1) is 7.64. The molecule has 0 amide bonds. The van der Waals surface area contributed by atoms with Crippen molar-refractivity contribution >= 4 is 11.6 Å². The maximum atomic E-state index is 9.42. The molecule has 2 rings (SSSR count). The zero-order valence-electron chi connectivity index (χ0n) is 9.46. The van der Waals surface area contributed by atoms with E-state index in [1.807, 2.05) is 12.1 Å². The van der Waals surface area contributed by atoms with Gasteiger partial charge in [0, 0.05) is 10.6 Å². The third-order valence-electron chi connectivity index (χ3n) is 3.65. The summed E-state index contributed by atoms with van der Waals surface area (Å²) in [5, 5.41) is 10.1. The molecule has 0 spiro atoms. The molecule has 0 N–H and O–H groups in total. The van der Waals surface area contributed by atoms with Gasteiger partial charge in [0.25, 0.3) is 0 Å². The van der Waals surface area contributed by atoms with Gasteiger partial charge in [0.15, 0.2) is 0 Å². The predicted molar refractivity (Wildman–Crippen MR) is 63.7 cm³/mol. The standard InChI is InChI=1S/C13H14ClNO/c1-9-5-6-13(9,8-15)11-7-10(14)3-4-12(11)16-2/h3-4,7,9H,5-6H2,1-2H3. The van der Waals surface area contributed by atoms with Gasteiger partial charge >= 0.3 is 0 Å². The van der Waals surface area contributed by atoms with Crippen LogP contribution in [0.1, 0.15) is 25.3 Å². The fourth-order valence-electron chi connectivity index (χ4n) is 2.38. The van der Waals surface area contributed by atoms with Crippen LogP contribution in [0.5, 0.6) is 5.75 Å². The van der Waals surface area contributed by atoms with Gasteiger partial charge in [0.05, 0.1) is 18.6 Å². The smallest absolute Gasteiger partial charge is 0.123 e. The van der Waals surface area contributed by atoms with Crippen molar-refractivity contribution in [2.24, 2.45) is 5.92 Å². The van der Waals surface area contributed by atoms with E-state index in [1.165, 1.54) is 0 Å². The Bertz CT molecular complexity index is 452. The molecule has 2 nitrogen and oxygen atoms in total.